The zero-order chi connectivity index (χ0) is 17.6. The first-order chi connectivity index (χ1) is 12.1. The molecule has 1 fully saturated rings. The first kappa shape index (κ1) is 17.2. The molecule has 3 rings (SSSR count). The van der Waals surface area contributed by atoms with E-state index < -0.39 is 5.82 Å². The molecule has 1 aliphatic carbocycles. The molecule has 132 valence electrons. The number of para-hydroxylation sites is 1. The molecule has 2 aromatic rings. The van der Waals surface area contributed by atoms with Crippen molar-refractivity contribution in [1.82, 2.24) is 5.32 Å². The summed E-state index contributed by atoms with van der Waals surface area (Å²) >= 11 is 0. The van der Waals surface area contributed by atoms with Gasteiger partial charge in [0.25, 0.3) is 0 Å². The summed E-state index contributed by atoms with van der Waals surface area (Å²) in [5, 5.41) is 5.50. The van der Waals surface area contributed by atoms with Gasteiger partial charge in [-0.3, -0.25) is 9.59 Å². The van der Waals surface area contributed by atoms with Gasteiger partial charge in [-0.15, -0.1) is 0 Å². The highest BCUT2D eigenvalue weighted by Gasteiger charge is 2.30. The number of amides is 2. The molecule has 0 saturated heterocycles. The number of anilines is 1. The summed E-state index contributed by atoms with van der Waals surface area (Å²) in [4.78, 5) is 24.5. The molecule has 1 aliphatic rings. The maximum Gasteiger partial charge on any atom is 0.227 e. The fourth-order valence-electron chi connectivity index (χ4n) is 3.15. The number of rotatable bonds is 5. The van der Waals surface area contributed by atoms with Crippen molar-refractivity contribution in [3.05, 3.63) is 54.2 Å². The molecule has 5 nitrogen and oxygen atoms in total. The minimum Gasteiger partial charge on any atom is -0.467 e. The minimum absolute atomic E-state index is 0.00985. The molecule has 0 radical (unpaired) electrons. The van der Waals surface area contributed by atoms with Gasteiger partial charge in [-0.1, -0.05) is 12.1 Å². The van der Waals surface area contributed by atoms with E-state index >= 15 is 0 Å². The third-order valence-electron chi connectivity index (χ3n) is 4.62. The maximum atomic E-state index is 13.6. The molecular formula is C19H21FN2O3. The van der Waals surface area contributed by atoms with Crippen molar-refractivity contribution >= 4 is 17.5 Å². The van der Waals surface area contributed by atoms with E-state index in [1.165, 1.54) is 6.07 Å². The Morgan fingerprint density at radius 1 is 1.00 bits per heavy atom. The van der Waals surface area contributed by atoms with Crippen molar-refractivity contribution < 1.29 is 18.4 Å². The minimum atomic E-state index is -0.443. The summed E-state index contributed by atoms with van der Waals surface area (Å²) in [6.45, 7) is 0.375. The van der Waals surface area contributed by atoms with E-state index in [9.17, 15) is 14.0 Å². The lowest BCUT2D eigenvalue weighted by atomic mass is 9.81. The number of carbonyl (C=O) groups excluding carboxylic acids is 2. The highest BCUT2D eigenvalue weighted by atomic mass is 19.1. The second-order valence-corrected chi connectivity index (χ2v) is 6.31. The zero-order valence-electron chi connectivity index (χ0n) is 13.8. The van der Waals surface area contributed by atoms with Gasteiger partial charge >= 0.3 is 0 Å². The van der Waals surface area contributed by atoms with E-state index in [-0.39, 0.29) is 29.3 Å². The molecular weight excluding hydrogens is 323 g/mol. The predicted molar refractivity (Wildman–Crippen MR) is 91.0 cm³/mol. The highest BCUT2D eigenvalue weighted by molar-refractivity contribution is 5.92. The summed E-state index contributed by atoms with van der Waals surface area (Å²) in [5.74, 6) is -0.196. The fraction of sp³-hybridized carbons (Fsp3) is 0.368. The van der Waals surface area contributed by atoms with Crippen molar-refractivity contribution in [1.29, 1.82) is 0 Å². The first-order valence-electron chi connectivity index (χ1n) is 8.49. The molecule has 2 amide bonds. The first-order valence-corrected chi connectivity index (χ1v) is 8.49. The molecule has 2 N–H and O–H groups in total. The Morgan fingerprint density at radius 2 is 1.68 bits per heavy atom. The molecule has 0 aliphatic heterocycles. The van der Waals surface area contributed by atoms with E-state index in [0.717, 1.165) is 0 Å². The smallest absolute Gasteiger partial charge is 0.227 e. The Labute approximate surface area is 145 Å². The monoisotopic (exact) mass is 344 g/mol. The lowest BCUT2D eigenvalue weighted by molar-refractivity contribution is -0.128. The average molecular weight is 344 g/mol. The third kappa shape index (κ3) is 4.47. The number of halogens is 1. The van der Waals surface area contributed by atoms with Gasteiger partial charge in [0.1, 0.15) is 11.6 Å². The third-order valence-corrected chi connectivity index (χ3v) is 4.62. The van der Waals surface area contributed by atoms with Crippen LogP contribution in [0, 0.1) is 17.7 Å². The van der Waals surface area contributed by atoms with Crippen LogP contribution in [0.1, 0.15) is 31.4 Å². The summed E-state index contributed by atoms with van der Waals surface area (Å²) in [6, 6.07) is 9.71. The van der Waals surface area contributed by atoms with E-state index in [0.29, 0.717) is 38.0 Å². The molecule has 0 spiro atoms. The maximum absolute atomic E-state index is 13.6. The van der Waals surface area contributed by atoms with Crippen molar-refractivity contribution in [2.24, 2.45) is 11.8 Å². The van der Waals surface area contributed by atoms with Crippen molar-refractivity contribution in [2.75, 3.05) is 5.32 Å². The quantitative estimate of drug-likeness (QED) is 0.872. The molecule has 1 aromatic heterocycles. The molecule has 1 aromatic carbocycles. The number of hydrogen-bond acceptors (Lipinski definition) is 3. The van der Waals surface area contributed by atoms with Crippen LogP contribution < -0.4 is 10.6 Å². The Morgan fingerprint density at radius 3 is 2.32 bits per heavy atom. The van der Waals surface area contributed by atoms with Crippen LogP contribution in [0.3, 0.4) is 0 Å². The average Bonchev–Trinajstić information content (AvgIpc) is 3.15. The van der Waals surface area contributed by atoms with Gasteiger partial charge < -0.3 is 15.1 Å². The summed E-state index contributed by atoms with van der Waals surface area (Å²) in [7, 11) is 0. The largest absolute Gasteiger partial charge is 0.467 e. The Hall–Kier alpha value is -2.63. The molecule has 0 unspecified atom stereocenters. The Kier molecular flexibility index (Phi) is 5.48. The Bertz CT molecular complexity index is 722. The number of nitrogens with one attached hydrogen (secondary N) is 2. The van der Waals surface area contributed by atoms with Gasteiger partial charge in [0.15, 0.2) is 0 Å². The van der Waals surface area contributed by atoms with E-state index in [4.69, 9.17) is 4.42 Å². The normalized spacial score (nSPS) is 20.0. The number of benzene rings is 1. The van der Waals surface area contributed by atoms with Crippen LogP contribution in [0.5, 0.6) is 0 Å². The van der Waals surface area contributed by atoms with Crippen LogP contribution in [0.15, 0.2) is 47.1 Å². The van der Waals surface area contributed by atoms with Crippen LogP contribution in [0.2, 0.25) is 0 Å². The lowest BCUT2D eigenvalue weighted by Crippen LogP contribution is -2.35. The van der Waals surface area contributed by atoms with Gasteiger partial charge in [0, 0.05) is 11.8 Å². The Balaban J connectivity index is 1.45. The van der Waals surface area contributed by atoms with Gasteiger partial charge in [-0.2, -0.15) is 0 Å². The van der Waals surface area contributed by atoms with E-state index in [1.54, 1.807) is 30.5 Å². The standard InChI is InChI=1S/C19H21FN2O3/c20-16-5-1-2-6-17(16)22-19(24)14-9-7-13(8-10-14)18(23)21-12-15-4-3-11-25-15/h1-6,11,13-14H,7-10,12H2,(H,21,23)(H,22,24). The van der Waals surface area contributed by atoms with Gasteiger partial charge in [-0.25, -0.2) is 4.39 Å². The molecule has 25 heavy (non-hydrogen) atoms. The van der Waals surface area contributed by atoms with Crippen LogP contribution in [0.4, 0.5) is 10.1 Å². The van der Waals surface area contributed by atoms with E-state index in [2.05, 4.69) is 10.6 Å². The second kappa shape index (κ2) is 7.96. The summed E-state index contributed by atoms with van der Waals surface area (Å²) in [5.41, 5.74) is 0.200. The number of hydrogen-bond donors (Lipinski definition) is 2. The summed E-state index contributed by atoms with van der Waals surface area (Å²) < 4.78 is 18.8. The van der Waals surface area contributed by atoms with Gasteiger partial charge in [-0.05, 0) is 49.9 Å². The summed E-state index contributed by atoms with van der Waals surface area (Å²) in [6.07, 6.45) is 4.12. The molecule has 0 atom stereocenters. The van der Waals surface area contributed by atoms with Crippen LogP contribution in [-0.4, -0.2) is 11.8 Å². The second-order valence-electron chi connectivity index (χ2n) is 6.31. The molecule has 1 saturated carbocycles. The lowest BCUT2D eigenvalue weighted by Gasteiger charge is -2.27. The number of carbonyl (C=O) groups is 2. The van der Waals surface area contributed by atoms with Crippen molar-refractivity contribution in [3.8, 4) is 0 Å². The van der Waals surface area contributed by atoms with Crippen LogP contribution in [0.25, 0.3) is 0 Å². The zero-order valence-corrected chi connectivity index (χ0v) is 13.8. The van der Waals surface area contributed by atoms with Crippen molar-refractivity contribution in [2.45, 2.75) is 32.2 Å². The topological polar surface area (TPSA) is 71.3 Å². The molecule has 6 heteroatoms. The van der Waals surface area contributed by atoms with Crippen molar-refractivity contribution in [3.63, 3.8) is 0 Å². The van der Waals surface area contributed by atoms with Gasteiger partial charge in [0.05, 0.1) is 18.5 Å². The molecule has 0 bridgehead atoms. The number of furan rings is 1. The highest BCUT2D eigenvalue weighted by Crippen LogP contribution is 2.30. The van der Waals surface area contributed by atoms with E-state index in [1.807, 2.05) is 6.07 Å². The predicted octanol–water partition coefficient (Wildman–Crippen LogP) is 3.48. The fourth-order valence-corrected chi connectivity index (χ4v) is 3.15. The van der Waals surface area contributed by atoms with Crippen LogP contribution in [-0.2, 0) is 16.1 Å². The SMILES string of the molecule is O=C(NCc1ccco1)C1CCC(C(=O)Nc2ccccc2F)CC1. The van der Waals surface area contributed by atoms with Gasteiger partial charge in [0.2, 0.25) is 11.8 Å². The molecule has 1 heterocycles. The van der Waals surface area contributed by atoms with Crippen LogP contribution >= 0.6 is 0 Å².